The molecule has 0 radical (unpaired) electrons. The van der Waals surface area contributed by atoms with Crippen LogP contribution in [0.4, 0.5) is 16.4 Å². The van der Waals surface area contributed by atoms with Crippen LogP contribution in [0.2, 0.25) is 0 Å². The Bertz CT molecular complexity index is 1420. The first-order valence-electron chi connectivity index (χ1n) is 10.4. The van der Waals surface area contributed by atoms with Crippen molar-refractivity contribution in [2.45, 2.75) is 31.3 Å². The normalized spacial score (nSPS) is 14.7. The molecule has 1 aliphatic carbocycles. The summed E-state index contributed by atoms with van der Waals surface area (Å²) in [6.07, 6.45) is 0.194. The summed E-state index contributed by atoms with van der Waals surface area (Å²) in [5, 5.41) is 15.9. The first-order chi connectivity index (χ1) is 16.4. The van der Waals surface area contributed by atoms with E-state index < -0.39 is 23.6 Å². The predicted octanol–water partition coefficient (Wildman–Crippen LogP) is 5.36. The summed E-state index contributed by atoms with van der Waals surface area (Å²) in [6.45, 7) is 1.77. The molecule has 3 heterocycles. The zero-order valence-electron chi connectivity index (χ0n) is 18.0. The lowest BCUT2D eigenvalue weighted by atomic mass is 10.1. The van der Waals surface area contributed by atoms with Crippen LogP contribution in [0.25, 0.3) is 9.40 Å². The summed E-state index contributed by atoms with van der Waals surface area (Å²) in [5.41, 5.74) is 6.30. The number of amides is 1. The van der Waals surface area contributed by atoms with Gasteiger partial charge in [0.25, 0.3) is 0 Å². The highest BCUT2D eigenvalue weighted by Crippen LogP contribution is 2.52. The largest absolute Gasteiger partial charge is 0.481 e. The molecular weight excluding hydrogens is 474 g/mol. The van der Waals surface area contributed by atoms with Crippen LogP contribution >= 0.6 is 22.7 Å². The van der Waals surface area contributed by atoms with Gasteiger partial charge in [0.05, 0.1) is 4.88 Å². The Hall–Kier alpha value is -3.81. The van der Waals surface area contributed by atoms with Gasteiger partial charge in [-0.25, -0.2) is 4.79 Å². The molecule has 8 nitrogen and oxygen atoms in total. The molecular formula is C24H19N3O5S2. The zero-order chi connectivity index (χ0) is 23.9. The number of aliphatic carboxylic acids is 1. The van der Waals surface area contributed by atoms with Crippen molar-refractivity contribution in [3.8, 4) is 11.8 Å². The number of nitrogens with zero attached hydrogens (tertiary/aromatic N) is 1. The lowest BCUT2D eigenvalue weighted by molar-refractivity contribution is -0.139. The highest BCUT2D eigenvalue weighted by Gasteiger charge is 2.53. The molecule has 1 aromatic carbocycles. The van der Waals surface area contributed by atoms with Gasteiger partial charge in [-0.2, -0.15) is 0 Å². The Morgan fingerprint density at radius 1 is 1.21 bits per heavy atom. The van der Waals surface area contributed by atoms with Crippen molar-refractivity contribution in [2.75, 3.05) is 11.1 Å². The highest BCUT2D eigenvalue weighted by atomic mass is 32.1. The van der Waals surface area contributed by atoms with Crippen molar-refractivity contribution in [3.05, 3.63) is 63.5 Å². The molecule has 0 spiro atoms. The number of fused-ring (bicyclic) bond motifs is 1. The second-order valence-corrected chi connectivity index (χ2v) is 10.1. The topological polar surface area (TPSA) is 128 Å². The molecule has 0 bridgehead atoms. The number of nitrogens with one attached hydrogen (secondary N) is 1. The van der Waals surface area contributed by atoms with Gasteiger partial charge in [0.1, 0.15) is 17.2 Å². The minimum atomic E-state index is -0.762. The van der Waals surface area contributed by atoms with Gasteiger partial charge in [0.2, 0.25) is 5.88 Å². The third-order valence-electron chi connectivity index (χ3n) is 5.64. The minimum absolute atomic E-state index is 0.0752. The predicted molar refractivity (Wildman–Crippen MR) is 130 cm³/mol. The summed E-state index contributed by atoms with van der Waals surface area (Å²) < 4.78 is 12.4. The van der Waals surface area contributed by atoms with Crippen LogP contribution < -0.4 is 11.1 Å². The minimum Gasteiger partial charge on any atom is -0.481 e. The number of carboxylic acids is 1. The number of benzene rings is 1. The number of carbonyl (C=O) groups excluding carboxylic acids is 1. The van der Waals surface area contributed by atoms with Crippen LogP contribution in [0.3, 0.4) is 0 Å². The molecule has 1 saturated carbocycles. The number of carbonyl (C=O) groups is 2. The number of thiophene rings is 2. The van der Waals surface area contributed by atoms with E-state index in [2.05, 4.69) is 22.3 Å². The van der Waals surface area contributed by atoms with Crippen molar-refractivity contribution >= 4 is 55.7 Å². The standard InChI is InChI=1S/C24H19N3O5S2/c1-13(14-5-3-2-4-6-14)31-23(30)26-20-16(27-32-21(20)25)8-7-15-11-17-18(33-15)12-19(34-17)24(9-10-24)22(28)29/h2-6,11-13H,9-10,25H2,1H3,(H,26,30)(H,28,29). The van der Waals surface area contributed by atoms with Gasteiger partial charge in [-0.05, 0) is 49.3 Å². The lowest BCUT2D eigenvalue weighted by Gasteiger charge is -2.13. The second kappa shape index (κ2) is 8.52. The van der Waals surface area contributed by atoms with Crippen molar-refractivity contribution in [1.82, 2.24) is 5.16 Å². The molecule has 1 atom stereocenters. The van der Waals surface area contributed by atoms with Crippen LogP contribution in [0.15, 0.2) is 47.0 Å². The van der Waals surface area contributed by atoms with E-state index in [-0.39, 0.29) is 17.3 Å². The van der Waals surface area contributed by atoms with E-state index in [1.54, 1.807) is 6.92 Å². The number of anilines is 2. The van der Waals surface area contributed by atoms with Gasteiger partial charge in [-0.3, -0.25) is 10.1 Å². The fraction of sp³-hybridized carbons (Fsp3) is 0.208. The molecule has 0 aliphatic heterocycles. The van der Waals surface area contributed by atoms with E-state index in [1.807, 2.05) is 42.5 Å². The number of aromatic nitrogens is 1. The van der Waals surface area contributed by atoms with Gasteiger partial charge in [-0.15, -0.1) is 22.7 Å². The van der Waals surface area contributed by atoms with Gasteiger partial charge in [-0.1, -0.05) is 35.5 Å². The number of ether oxygens (including phenoxy) is 1. The molecule has 1 unspecified atom stereocenters. The van der Waals surface area contributed by atoms with Crippen LogP contribution in [-0.4, -0.2) is 22.3 Å². The van der Waals surface area contributed by atoms with E-state index in [9.17, 15) is 14.7 Å². The van der Waals surface area contributed by atoms with E-state index in [4.69, 9.17) is 15.0 Å². The van der Waals surface area contributed by atoms with Crippen LogP contribution in [0, 0.1) is 11.8 Å². The van der Waals surface area contributed by atoms with Crippen LogP contribution in [0.1, 0.15) is 46.9 Å². The third-order valence-corrected chi connectivity index (χ3v) is 8.05. The van der Waals surface area contributed by atoms with Crippen molar-refractivity contribution < 1.29 is 24.0 Å². The Morgan fingerprint density at radius 2 is 1.94 bits per heavy atom. The average molecular weight is 494 g/mol. The van der Waals surface area contributed by atoms with Gasteiger partial charge >= 0.3 is 12.1 Å². The van der Waals surface area contributed by atoms with Crippen molar-refractivity contribution in [3.63, 3.8) is 0 Å². The maximum Gasteiger partial charge on any atom is 0.412 e. The SMILES string of the molecule is CC(OC(=O)Nc1c(C#Cc2cc3sc(C4(C(=O)O)CC4)cc3s2)noc1N)c1ccccc1. The fourth-order valence-electron chi connectivity index (χ4n) is 3.54. The quantitative estimate of drug-likeness (QED) is 0.319. The van der Waals surface area contributed by atoms with E-state index >= 15 is 0 Å². The number of nitrogen functional groups attached to an aromatic ring is 1. The smallest absolute Gasteiger partial charge is 0.412 e. The first-order valence-corrected chi connectivity index (χ1v) is 12.1. The second-order valence-electron chi connectivity index (χ2n) is 7.94. The molecule has 3 aromatic heterocycles. The molecule has 1 aliphatic rings. The molecule has 1 fully saturated rings. The Balaban J connectivity index is 1.30. The summed E-state index contributed by atoms with van der Waals surface area (Å²) in [4.78, 5) is 25.6. The molecule has 0 saturated heterocycles. The summed E-state index contributed by atoms with van der Waals surface area (Å²) in [5.74, 6) is 5.06. The van der Waals surface area contributed by atoms with E-state index in [1.165, 1.54) is 22.7 Å². The maximum atomic E-state index is 12.4. The molecule has 4 aromatic rings. The number of carboxylic acid groups (broad SMARTS) is 1. The molecule has 10 heteroatoms. The zero-order valence-corrected chi connectivity index (χ0v) is 19.6. The molecule has 34 heavy (non-hydrogen) atoms. The van der Waals surface area contributed by atoms with Gasteiger partial charge < -0.3 is 20.1 Å². The summed E-state index contributed by atoms with van der Waals surface area (Å²) in [7, 11) is 0. The van der Waals surface area contributed by atoms with Crippen molar-refractivity contribution in [2.24, 2.45) is 0 Å². The number of hydrogen-bond acceptors (Lipinski definition) is 8. The summed E-state index contributed by atoms with van der Waals surface area (Å²) in [6, 6.07) is 13.2. The van der Waals surface area contributed by atoms with E-state index in [0.717, 1.165) is 24.7 Å². The molecule has 5 rings (SSSR count). The van der Waals surface area contributed by atoms with Crippen molar-refractivity contribution in [1.29, 1.82) is 0 Å². The number of rotatable bonds is 5. The fourth-order valence-corrected chi connectivity index (χ4v) is 6.03. The Labute approximate surface area is 202 Å². The van der Waals surface area contributed by atoms with Gasteiger partial charge in [0.15, 0.2) is 5.69 Å². The van der Waals surface area contributed by atoms with Gasteiger partial charge in [0, 0.05) is 14.3 Å². The maximum absolute atomic E-state index is 12.4. The first kappa shape index (κ1) is 22.0. The third kappa shape index (κ3) is 4.11. The molecule has 172 valence electrons. The highest BCUT2D eigenvalue weighted by molar-refractivity contribution is 7.28. The van der Waals surface area contributed by atoms with E-state index in [0.29, 0.717) is 12.8 Å². The Morgan fingerprint density at radius 3 is 2.62 bits per heavy atom. The van der Waals surface area contributed by atoms with Crippen LogP contribution in [0.5, 0.6) is 0 Å². The monoisotopic (exact) mass is 493 g/mol. The lowest BCUT2D eigenvalue weighted by Crippen LogP contribution is -2.17. The number of nitrogens with two attached hydrogens (primary N) is 1. The average Bonchev–Trinajstić information content (AvgIpc) is 3.26. The molecule has 1 amide bonds. The molecule has 4 N–H and O–H groups in total. The number of hydrogen-bond donors (Lipinski definition) is 3. The van der Waals surface area contributed by atoms with Crippen LogP contribution in [-0.2, 0) is 14.9 Å². The summed E-state index contributed by atoms with van der Waals surface area (Å²) >= 11 is 2.96. The Kier molecular flexibility index (Phi) is 5.51.